The van der Waals surface area contributed by atoms with E-state index in [9.17, 15) is 13.2 Å². The Bertz CT molecular complexity index is 663. The number of nitrogens with two attached hydrogens (primary N) is 1. The average molecular weight is 347 g/mol. The molecule has 1 aromatic carbocycles. The van der Waals surface area contributed by atoms with E-state index in [0.717, 1.165) is 19.3 Å². The number of benzene rings is 1. The summed E-state index contributed by atoms with van der Waals surface area (Å²) in [5.74, 6) is -0.458. The molecule has 3 N–H and O–H groups in total. The first-order chi connectivity index (χ1) is 10.4. The Hall–Kier alpha value is -1.15. The van der Waals surface area contributed by atoms with Crippen LogP contribution in [0.5, 0.6) is 0 Å². The van der Waals surface area contributed by atoms with Crippen LogP contribution in [0.2, 0.25) is 5.02 Å². The standard InChI is InChI=1S/C14H19ClN2O4S/c1-21-14(18)11-6-5-10(7-12(11)15)22(19,20)17-13-4-2-3-9(13)8-16/h5-7,9,13,17H,2-4,8,16H2,1H3/t9-,13-/m1/s1. The third-order valence-corrected chi connectivity index (χ3v) is 5.72. The smallest absolute Gasteiger partial charge is 0.339 e. The van der Waals surface area contributed by atoms with E-state index in [0.29, 0.717) is 6.54 Å². The highest BCUT2D eigenvalue weighted by Crippen LogP contribution is 2.27. The van der Waals surface area contributed by atoms with Crippen molar-refractivity contribution in [2.45, 2.75) is 30.2 Å². The molecule has 1 saturated carbocycles. The van der Waals surface area contributed by atoms with Crippen molar-refractivity contribution in [2.24, 2.45) is 11.7 Å². The van der Waals surface area contributed by atoms with Gasteiger partial charge < -0.3 is 10.5 Å². The fourth-order valence-electron chi connectivity index (χ4n) is 2.68. The minimum atomic E-state index is -3.70. The number of carbonyl (C=O) groups excluding carboxylic acids is 1. The molecule has 2 rings (SSSR count). The lowest BCUT2D eigenvalue weighted by atomic mass is 10.1. The second-order valence-corrected chi connectivity index (χ2v) is 7.41. The van der Waals surface area contributed by atoms with Gasteiger partial charge in [-0.3, -0.25) is 0 Å². The molecular formula is C14H19ClN2O4S. The van der Waals surface area contributed by atoms with Gasteiger partial charge in [-0.2, -0.15) is 0 Å². The lowest BCUT2D eigenvalue weighted by molar-refractivity contribution is 0.0601. The molecule has 22 heavy (non-hydrogen) atoms. The second-order valence-electron chi connectivity index (χ2n) is 5.29. The molecule has 0 saturated heterocycles. The predicted octanol–water partition coefficient (Wildman–Crippen LogP) is 1.53. The minimum Gasteiger partial charge on any atom is -0.465 e. The van der Waals surface area contributed by atoms with E-state index in [4.69, 9.17) is 17.3 Å². The summed E-state index contributed by atoms with van der Waals surface area (Å²) in [4.78, 5) is 11.5. The molecule has 0 heterocycles. The molecule has 0 radical (unpaired) electrons. The number of halogens is 1. The van der Waals surface area contributed by atoms with Crippen LogP contribution in [0.4, 0.5) is 0 Å². The monoisotopic (exact) mass is 346 g/mol. The number of methoxy groups -OCH3 is 1. The van der Waals surface area contributed by atoms with Crippen molar-refractivity contribution in [2.75, 3.05) is 13.7 Å². The molecule has 2 atom stereocenters. The van der Waals surface area contributed by atoms with Crippen LogP contribution in [0.15, 0.2) is 23.1 Å². The summed E-state index contributed by atoms with van der Waals surface area (Å²) in [7, 11) is -2.47. The van der Waals surface area contributed by atoms with Gasteiger partial charge in [-0.05, 0) is 43.5 Å². The molecule has 1 aromatic rings. The molecule has 0 aliphatic heterocycles. The highest BCUT2D eigenvalue weighted by Gasteiger charge is 2.30. The third kappa shape index (κ3) is 3.60. The Morgan fingerprint density at radius 3 is 2.77 bits per heavy atom. The van der Waals surface area contributed by atoms with E-state index in [1.54, 1.807) is 0 Å². The molecule has 0 aromatic heterocycles. The van der Waals surface area contributed by atoms with Gasteiger partial charge in [0.25, 0.3) is 0 Å². The summed E-state index contributed by atoms with van der Waals surface area (Å²) in [5.41, 5.74) is 5.80. The first kappa shape index (κ1) is 17.2. The quantitative estimate of drug-likeness (QED) is 0.788. The molecule has 0 spiro atoms. The van der Waals surface area contributed by atoms with Crippen LogP contribution in [0.25, 0.3) is 0 Å². The molecule has 6 nitrogen and oxygen atoms in total. The first-order valence-electron chi connectivity index (χ1n) is 6.99. The van der Waals surface area contributed by atoms with Crippen molar-refractivity contribution in [3.05, 3.63) is 28.8 Å². The summed E-state index contributed by atoms with van der Waals surface area (Å²) in [6.45, 7) is 0.454. The third-order valence-electron chi connectivity index (χ3n) is 3.92. The number of nitrogens with one attached hydrogen (secondary N) is 1. The van der Waals surface area contributed by atoms with Crippen molar-refractivity contribution < 1.29 is 17.9 Å². The normalized spacial score (nSPS) is 21.8. The topological polar surface area (TPSA) is 98.5 Å². The van der Waals surface area contributed by atoms with Crippen molar-refractivity contribution in [3.8, 4) is 0 Å². The summed E-state index contributed by atoms with van der Waals surface area (Å²) in [5, 5.41) is 0.0384. The number of sulfonamides is 1. The number of hydrogen-bond donors (Lipinski definition) is 2. The Balaban J connectivity index is 2.23. The predicted molar refractivity (Wildman–Crippen MR) is 83.3 cm³/mol. The van der Waals surface area contributed by atoms with Crippen LogP contribution in [-0.4, -0.2) is 34.1 Å². The van der Waals surface area contributed by atoms with Crippen LogP contribution in [-0.2, 0) is 14.8 Å². The Morgan fingerprint density at radius 1 is 1.45 bits per heavy atom. The van der Waals surface area contributed by atoms with Crippen LogP contribution >= 0.6 is 11.6 Å². The van der Waals surface area contributed by atoms with Gasteiger partial charge in [-0.1, -0.05) is 18.0 Å². The van der Waals surface area contributed by atoms with Crippen LogP contribution in [0.3, 0.4) is 0 Å². The SMILES string of the molecule is COC(=O)c1ccc(S(=O)(=O)N[C@@H]2CCC[C@@H]2CN)cc1Cl. The maximum Gasteiger partial charge on any atom is 0.339 e. The Kier molecular flexibility index (Phi) is 5.44. The van der Waals surface area contributed by atoms with Crippen molar-refractivity contribution in [3.63, 3.8) is 0 Å². The van der Waals surface area contributed by atoms with E-state index in [-0.39, 0.29) is 27.4 Å². The summed E-state index contributed by atoms with van der Waals surface area (Å²) >= 11 is 5.97. The van der Waals surface area contributed by atoms with Crippen molar-refractivity contribution in [1.29, 1.82) is 0 Å². The molecular weight excluding hydrogens is 328 g/mol. The summed E-state index contributed by atoms with van der Waals surface area (Å²) in [6, 6.07) is 3.78. The van der Waals surface area contributed by atoms with Crippen LogP contribution < -0.4 is 10.5 Å². The van der Waals surface area contributed by atoms with Crippen molar-refractivity contribution >= 4 is 27.6 Å². The fraction of sp³-hybridized carbons (Fsp3) is 0.500. The van der Waals surface area contributed by atoms with Crippen LogP contribution in [0.1, 0.15) is 29.6 Å². The minimum absolute atomic E-state index is 0.0211. The maximum atomic E-state index is 12.4. The molecule has 0 unspecified atom stereocenters. The highest BCUT2D eigenvalue weighted by atomic mass is 35.5. The van der Waals surface area contributed by atoms with E-state index in [2.05, 4.69) is 9.46 Å². The number of hydrogen-bond acceptors (Lipinski definition) is 5. The van der Waals surface area contributed by atoms with Gasteiger partial charge in [0.05, 0.1) is 22.6 Å². The zero-order chi connectivity index (χ0) is 16.3. The van der Waals surface area contributed by atoms with Gasteiger partial charge in [0, 0.05) is 6.04 Å². The van der Waals surface area contributed by atoms with E-state index in [1.165, 1.54) is 25.3 Å². The molecule has 1 fully saturated rings. The zero-order valence-corrected chi connectivity index (χ0v) is 13.8. The zero-order valence-electron chi connectivity index (χ0n) is 12.2. The maximum absolute atomic E-state index is 12.4. The second kappa shape index (κ2) is 6.95. The van der Waals surface area contributed by atoms with Gasteiger partial charge in [-0.25, -0.2) is 17.9 Å². The van der Waals surface area contributed by atoms with E-state index >= 15 is 0 Å². The fourth-order valence-corrected chi connectivity index (χ4v) is 4.37. The largest absolute Gasteiger partial charge is 0.465 e. The van der Waals surface area contributed by atoms with Gasteiger partial charge in [-0.15, -0.1) is 0 Å². The van der Waals surface area contributed by atoms with E-state index in [1.807, 2.05) is 0 Å². The van der Waals surface area contributed by atoms with Crippen LogP contribution in [0, 0.1) is 5.92 Å². The molecule has 122 valence electrons. The molecule has 0 bridgehead atoms. The van der Waals surface area contributed by atoms with Gasteiger partial charge in [0.1, 0.15) is 0 Å². The summed E-state index contributed by atoms with van der Waals surface area (Å²) < 4.78 is 32.1. The number of esters is 1. The van der Waals surface area contributed by atoms with Gasteiger partial charge in [0.15, 0.2) is 0 Å². The lowest BCUT2D eigenvalue weighted by Crippen LogP contribution is -2.39. The number of ether oxygens (including phenoxy) is 1. The number of rotatable bonds is 5. The van der Waals surface area contributed by atoms with Gasteiger partial charge in [0.2, 0.25) is 10.0 Å². The molecule has 1 aliphatic rings. The number of carbonyl (C=O) groups is 1. The average Bonchev–Trinajstić information content (AvgIpc) is 2.92. The molecule has 0 amide bonds. The molecule has 8 heteroatoms. The highest BCUT2D eigenvalue weighted by molar-refractivity contribution is 7.89. The Morgan fingerprint density at radius 2 is 2.18 bits per heavy atom. The molecule has 1 aliphatic carbocycles. The van der Waals surface area contributed by atoms with E-state index < -0.39 is 16.0 Å². The summed E-state index contributed by atoms with van der Waals surface area (Å²) in [6.07, 6.45) is 2.65. The Labute approximate surface area is 135 Å². The lowest BCUT2D eigenvalue weighted by Gasteiger charge is -2.19. The van der Waals surface area contributed by atoms with Crippen molar-refractivity contribution in [1.82, 2.24) is 4.72 Å². The first-order valence-corrected chi connectivity index (χ1v) is 8.85. The van der Waals surface area contributed by atoms with Gasteiger partial charge >= 0.3 is 5.97 Å².